The number of aromatic nitrogens is 3. The summed E-state index contributed by atoms with van der Waals surface area (Å²) in [7, 11) is 0. The third-order valence-electron chi connectivity index (χ3n) is 3.98. The molecule has 0 saturated carbocycles. The van der Waals surface area contributed by atoms with Gasteiger partial charge in [0.05, 0.1) is 5.69 Å². The average Bonchev–Trinajstić information content (AvgIpc) is 3.16. The molecular formula is C16H20N4O2. The molecule has 1 atom stereocenters. The zero-order valence-electron chi connectivity index (χ0n) is 13.1. The number of likely N-dealkylation sites (tertiary alicyclic amines) is 1. The first kappa shape index (κ1) is 14.7. The fourth-order valence-corrected chi connectivity index (χ4v) is 2.64. The molecule has 1 aliphatic heterocycles. The van der Waals surface area contributed by atoms with Gasteiger partial charge in [-0.3, -0.25) is 4.79 Å². The van der Waals surface area contributed by atoms with Crippen LogP contribution in [0.25, 0.3) is 0 Å². The van der Waals surface area contributed by atoms with E-state index in [-0.39, 0.29) is 17.7 Å². The quantitative estimate of drug-likeness (QED) is 0.871. The Labute approximate surface area is 129 Å². The lowest BCUT2D eigenvalue weighted by Gasteiger charge is -2.14. The Morgan fingerprint density at radius 1 is 1.45 bits per heavy atom. The van der Waals surface area contributed by atoms with Crippen LogP contribution < -0.4 is 0 Å². The highest BCUT2D eigenvalue weighted by atomic mass is 16.5. The van der Waals surface area contributed by atoms with Crippen LogP contribution in [0.4, 0.5) is 0 Å². The van der Waals surface area contributed by atoms with E-state index in [0.29, 0.717) is 18.8 Å². The summed E-state index contributed by atoms with van der Waals surface area (Å²) >= 11 is 0. The molecule has 0 aromatic carbocycles. The Kier molecular flexibility index (Phi) is 3.92. The molecule has 0 bridgehead atoms. The third-order valence-corrected chi connectivity index (χ3v) is 3.98. The van der Waals surface area contributed by atoms with Crippen molar-refractivity contribution < 1.29 is 9.32 Å². The molecule has 116 valence electrons. The van der Waals surface area contributed by atoms with E-state index in [0.717, 1.165) is 23.6 Å². The van der Waals surface area contributed by atoms with Crippen LogP contribution >= 0.6 is 0 Å². The molecule has 0 aliphatic carbocycles. The number of amides is 1. The molecule has 1 fully saturated rings. The summed E-state index contributed by atoms with van der Waals surface area (Å²) in [6.07, 6.45) is 2.65. The van der Waals surface area contributed by atoms with Crippen molar-refractivity contribution in [1.29, 1.82) is 0 Å². The van der Waals surface area contributed by atoms with Crippen LogP contribution in [0.15, 0.2) is 22.9 Å². The molecule has 2 aromatic rings. The van der Waals surface area contributed by atoms with E-state index in [1.165, 1.54) is 0 Å². The maximum absolute atomic E-state index is 12.5. The third kappa shape index (κ3) is 2.86. The highest BCUT2D eigenvalue weighted by Crippen LogP contribution is 2.26. The highest BCUT2D eigenvalue weighted by Gasteiger charge is 2.31. The number of carbonyl (C=O) groups is 1. The van der Waals surface area contributed by atoms with E-state index in [9.17, 15) is 4.79 Å². The molecule has 22 heavy (non-hydrogen) atoms. The second-order valence-electron chi connectivity index (χ2n) is 6.06. The topological polar surface area (TPSA) is 72.1 Å². The molecule has 6 nitrogen and oxygen atoms in total. The molecular weight excluding hydrogens is 280 g/mol. The zero-order chi connectivity index (χ0) is 15.7. The van der Waals surface area contributed by atoms with E-state index in [2.05, 4.69) is 15.1 Å². The van der Waals surface area contributed by atoms with Crippen molar-refractivity contribution in [2.24, 2.45) is 0 Å². The predicted molar refractivity (Wildman–Crippen MR) is 80.6 cm³/mol. The van der Waals surface area contributed by atoms with Gasteiger partial charge in [-0.1, -0.05) is 19.0 Å². The molecule has 3 heterocycles. The van der Waals surface area contributed by atoms with Crippen LogP contribution in [-0.2, 0) is 0 Å². The van der Waals surface area contributed by atoms with Crippen molar-refractivity contribution in [3.05, 3.63) is 41.3 Å². The maximum Gasteiger partial charge on any atom is 0.292 e. The lowest BCUT2D eigenvalue weighted by molar-refractivity contribution is 0.0749. The summed E-state index contributed by atoms with van der Waals surface area (Å²) in [5.41, 5.74) is 1.76. The van der Waals surface area contributed by atoms with Crippen molar-refractivity contribution in [3.63, 3.8) is 0 Å². The predicted octanol–water partition coefficient (Wildman–Crippen LogP) is 2.53. The molecule has 1 saturated heterocycles. The van der Waals surface area contributed by atoms with Gasteiger partial charge in [0, 0.05) is 37.0 Å². The highest BCUT2D eigenvalue weighted by molar-refractivity contribution is 5.91. The largest absolute Gasteiger partial charge is 0.351 e. The molecule has 0 N–H and O–H groups in total. The number of aryl methyl sites for hydroxylation is 1. The molecule has 6 heteroatoms. The van der Waals surface area contributed by atoms with Gasteiger partial charge >= 0.3 is 0 Å². The van der Waals surface area contributed by atoms with Gasteiger partial charge in [0.1, 0.15) is 5.82 Å². The number of hydrogen-bond acceptors (Lipinski definition) is 5. The Morgan fingerprint density at radius 3 is 2.95 bits per heavy atom. The first-order valence-corrected chi connectivity index (χ1v) is 7.60. The normalized spacial score (nSPS) is 18.2. The number of hydrogen-bond donors (Lipinski definition) is 0. The standard InChI is InChI=1S/C16H20N4O2/c1-10(2)13-8-14(22-19-13)16(21)20-7-5-12(9-20)15-17-6-4-11(3)18-15/h4,6,8,10,12H,5,7,9H2,1-3H3/t12-/m1/s1. The fourth-order valence-electron chi connectivity index (χ4n) is 2.64. The minimum Gasteiger partial charge on any atom is -0.351 e. The van der Waals surface area contributed by atoms with Gasteiger partial charge in [-0.15, -0.1) is 0 Å². The van der Waals surface area contributed by atoms with Crippen molar-refractivity contribution in [2.75, 3.05) is 13.1 Å². The van der Waals surface area contributed by atoms with E-state index < -0.39 is 0 Å². The smallest absolute Gasteiger partial charge is 0.292 e. The molecule has 2 aromatic heterocycles. The van der Waals surface area contributed by atoms with Crippen molar-refractivity contribution in [3.8, 4) is 0 Å². The zero-order valence-corrected chi connectivity index (χ0v) is 13.1. The lowest BCUT2D eigenvalue weighted by Crippen LogP contribution is -2.28. The van der Waals surface area contributed by atoms with Crippen LogP contribution in [0.2, 0.25) is 0 Å². The van der Waals surface area contributed by atoms with Gasteiger partial charge in [0.25, 0.3) is 5.91 Å². The first-order valence-electron chi connectivity index (χ1n) is 7.60. The molecule has 0 unspecified atom stereocenters. The maximum atomic E-state index is 12.5. The Balaban J connectivity index is 1.70. The number of rotatable bonds is 3. The van der Waals surface area contributed by atoms with Crippen LogP contribution in [0.5, 0.6) is 0 Å². The van der Waals surface area contributed by atoms with E-state index >= 15 is 0 Å². The van der Waals surface area contributed by atoms with Crippen LogP contribution in [-0.4, -0.2) is 39.0 Å². The van der Waals surface area contributed by atoms with Crippen LogP contribution in [0.1, 0.15) is 59.9 Å². The van der Waals surface area contributed by atoms with Crippen LogP contribution in [0.3, 0.4) is 0 Å². The Morgan fingerprint density at radius 2 is 2.27 bits per heavy atom. The summed E-state index contributed by atoms with van der Waals surface area (Å²) in [6, 6.07) is 3.62. The molecule has 0 spiro atoms. The van der Waals surface area contributed by atoms with Crippen LogP contribution in [0, 0.1) is 6.92 Å². The molecule has 1 amide bonds. The Bertz CT molecular complexity index is 680. The van der Waals surface area contributed by atoms with Gasteiger partial charge in [0.2, 0.25) is 5.76 Å². The first-order chi connectivity index (χ1) is 10.5. The number of nitrogens with zero attached hydrogens (tertiary/aromatic N) is 4. The van der Waals surface area contributed by atoms with Crippen molar-refractivity contribution in [2.45, 2.75) is 39.0 Å². The van der Waals surface area contributed by atoms with Gasteiger partial charge in [-0.2, -0.15) is 0 Å². The van der Waals surface area contributed by atoms with Gasteiger partial charge in [0.15, 0.2) is 0 Å². The summed E-state index contributed by atoms with van der Waals surface area (Å²) in [5, 5.41) is 3.95. The summed E-state index contributed by atoms with van der Waals surface area (Å²) < 4.78 is 5.19. The monoisotopic (exact) mass is 300 g/mol. The van der Waals surface area contributed by atoms with Crippen molar-refractivity contribution >= 4 is 5.91 Å². The summed E-state index contributed by atoms with van der Waals surface area (Å²) in [4.78, 5) is 23.1. The second kappa shape index (κ2) is 5.87. The lowest BCUT2D eigenvalue weighted by atomic mass is 10.1. The van der Waals surface area contributed by atoms with E-state index in [1.54, 1.807) is 17.2 Å². The van der Waals surface area contributed by atoms with Gasteiger partial charge in [-0.05, 0) is 25.3 Å². The van der Waals surface area contributed by atoms with Gasteiger partial charge in [-0.25, -0.2) is 9.97 Å². The van der Waals surface area contributed by atoms with Gasteiger partial charge < -0.3 is 9.42 Å². The SMILES string of the molecule is Cc1ccnc([C@@H]2CCN(C(=O)c3cc(C(C)C)no3)C2)n1. The summed E-state index contributed by atoms with van der Waals surface area (Å²) in [5.74, 6) is 1.47. The minimum atomic E-state index is -0.102. The average molecular weight is 300 g/mol. The Hall–Kier alpha value is -2.24. The minimum absolute atomic E-state index is 0.102. The summed E-state index contributed by atoms with van der Waals surface area (Å²) in [6.45, 7) is 7.31. The number of carbonyl (C=O) groups excluding carboxylic acids is 1. The molecule has 3 rings (SSSR count). The molecule has 1 aliphatic rings. The fraction of sp³-hybridized carbons (Fsp3) is 0.500. The molecule has 0 radical (unpaired) electrons. The van der Waals surface area contributed by atoms with Crippen molar-refractivity contribution in [1.82, 2.24) is 20.0 Å². The second-order valence-corrected chi connectivity index (χ2v) is 6.06. The van der Waals surface area contributed by atoms with E-state index in [4.69, 9.17) is 4.52 Å². The van der Waals surface area contributed by atoms with E-state index in [1.807, 2.05) is 26.8 Å².